The predicted molar refractivity (Wildman–Crippen MR) is 98.1 cm³/mol. The Morgan fingerprint density at radius 3 is 1.73 bits per heavy atom. The van der Waals surface area contributed by atoms with Gasteiger partial charge in [0.25, 0.3) is 0 Å². The van der Waals surface area contributed by atoms with Gasteiger partial charge in [0.05, 0.1) is 5.92 Å². The zero-order valence-electron chi connectivity index (χ0n) is 15.3. The standard InChI is InChI=1S/C19H36ClNO/c1-6-11-18(12-13-20)19(22)21(14-16(7-2)8-3)15-17(9-4)10-5/h12-13,16-18H,6-11,14-15H2,1-5H3/b13-12-. The SMILES string of the molecule is CCCC(/C=C\Cl)C(=O)N(CC(CC)CC)CC(CC)CC. The molecule has 3 heteroatoms. The summed E-state index contributed by atoms with van der Waals surface area (Å²) in [7, 11) is 0. The molecule has 0 radical (unpaired) electrons. The Morgan fingerprint density at radius 2 is 1.41 bits per heavy atom. The molecule has 0 saturated carbocycles. The Hall–Kier alpha value is -0.500. The molecular formula is C19H36ClNO. The van der Waals surface area contributed by atoms with Crippen molar-refractivity contribution in [1.82, 2.24) is 4.90 Å². The van der Waals surface area contributed by atoms with Crippen LogP contribution in [0.4, 0.5) is 0 Å². The summed E-state index contributed by atoms with van der Waals surface area (Å²) >= 11 is 5.75. The van der Waals surface area contributed by atoms with Crippen molar-refractivity contribution in [1.29, 1.82) is 0 Å². The summed E-state index contributed by atoms with van der Waals surface area (Å²) in [6.07, 6.45) is 8.27. The van der Waals surface area contributed by atoms with Gasteiger partial charge in [-0.05, 0) is 18.3 Å². The van der Waals surface area contributed by atoms with E-state index < -0.39 is 0 Å². The third-order valence-electron chi connectivity index (χ3n) is 4.80. The summed E-state index contributed by atoms with van der Waals surface area (Å²) in [5.74, 6) is 1.39. The van der Waals surface area contributed by atoms with E-state index in [0.29, 0.717) is 11.8 Å². The lowest BCUT2D eigenvalue weighted by atomic mass is 9.96. The summed E-state index contributed by atoms with van der Waals surface area (Å²) in [5.41, 5.74) is 1.50. The quantitative estimate of drug-likeness (QED) is 0.439. The van der Waals surface area contributed by atoms with Crippen molar-refractivity contribution in [3.63, 3.8) is 0 Å². The fraction of sp³-hybridized carbons (Fsp3) is 0.842. The van der Waals surface area contributed by atoms with Crippen molar-refractivity contribution in [2.45, 2.75) is 73.1 Å². The molecule has 2 nitrogen and oxygen atoms in total. The van der Waals surface area contributed by atoms with Crippen LogP contribution < -0.4 is 0 Å². The lowest BCUT2D eigenvalue weighted by molar-refractivity contribution is -0.135. The molecule has 0 rings (SSSR count). The maximum absolute atomic E-state index is 13.0. The maximum atomic E-state index is 13.0. The van der Waals surface area contributed by atoms with Crippen LogP contribution in [0.15, 0.2) is 11.6 Å². The van der Waals surface area contributed by atoms with Gasteiger partial charge >= 0.3 is 0 Å². The van der Waals surface area contributed by atoms with E-state index in [9.17, 15) is 4.79 Å². The topological polar surface area (TPSA) is 20.3 Å². The van der Waals surface area contributed by atoms with Gasteiger partial charge in [0.1, 0.15) is 0 Å². The highest BCUT2D eigenvalue weighted by Gasteiger charge is 2.25. The molecule has 0 aliphatic rings. The Kier molecular flexibility index (Phi) is 12.7. The summed E-state index contributed by atoms with van der Waals surface area (Å²) in [6, 6.07) is 0. The fourth-order valence-electron chi connectivity index (χ4n) is 2.91. The molecule has 0 aliphatic heterocycles. The van der Waals surface area contributed by atoms with Crippen LogP contribution in [-0.2, 0) is 4.79 Å². The summed E-state index contributed by atoms with van der Waals surface area (Å²) in [6.45, 7) is 12.8. The molecule has 1 atom stereocenters. The first kappa shape index (κ1) is 21.5. The first-order valence-electron chi connectivity index (χ1n) is 9.13. The number of amides is 1. The van der Waals surface area contributed by atoms with Gasteiger partial charge in [-0.1, -0.05) is 84.4 Å². The van der Waals surface area contributed by atoms with E-state index >= 15 is 0 Å². The maximum Gasteiger partial charge on any atom is 0.229 e. The average Bonchev–Trinajstić information content (AvgIpc) is 2.54. The number of hydrogen-bond acceptors (Lipinski definition) is 1. The lowest BCUT2D eigenvalue weighted by Gasteiger charge is -2.32. The fourth-order valence-corrected chi connectivity index (χ4v) is 3.08. The largest absolute Gasteiger partial charge is 0.342 e. The zero-order chi connectivity index (χ0) is 17.0. The molecule has 1 amide bonds. The van der Waals surface area contributed by atoms with E-state index in [0.717, 1.165) is 51.6 Å². The second-order valence-electron chi connectivity index (χ2n) is 6.32. The highest BCUT2D eigenvalue weighted by atomic mass is 35.5. The molecule has 0 heterocycles. The number of halogens is 1. The Labute approximate surface area is 143 Å². The van der Waals surface area contributed by atoms with Crippen molar-refractivity contribution in [3.05, 3.63) is 11.6 Å². The van der Waals surface area contributed by atoms with E-state index in [-0.39, 0.29) is 11.8 Å². The molecule has 0 bridgehead atoms. The van der Waals surface area contributed by atoms with Gasteiger partial charge < -0.3 is 4.90 Å². The Bertz CT molecular complexity index is 295. The molecule has 130 valence electrons. The van der Waals surface area contributed by atoms with Crippen LogP contribution in [-0.4, -0.2) is 23.9 Å². The molecule has 0 saturated heterocycles. The van der Waals surface area contributed by atoms with Crippen LogP contribution in [0, 0.1) is 17.8 Å². The first-order valence-corrected chi connectivity index (χ1v) is 9.56. The van der Waals surface area contributed by atoms with Crippen molar-refractivity contribution in [2.75, 3.05) is 13.1 Å². The molecule has 22 heavy (non-hydrogen) atoms. The number of carbonyl (C=O) groups is 1. The number of hydrogen-bond donors (Lipinski definition) is 0. The van der Waals surface area contributed by atoms with Crippen LogP contribution in [0.3, 0.4) is 0 Å². The van der Waals surface area contributed by atoms with Crippen LogP contribution >= 0.6 is 11.6 Å². The van der Waals surface area contributed by atoms with Crippen LogP contribution in [0.2, 0.25) is 0 Å². The predicted octanol–water partition coefficient (Wildman–Crippen LogP) is 5.86. The minimum Gasteiger partial charge on any atom is -0.342 e. The second-order valence-corrected chi connectivity index (χ2v) is 6.57. The molecule has 0 spiro atoms. The molecule has 0 N–H and O–H groups in total. The molecular weight excluding hydrogens is 294 g/mol. The van der Waals surface area contributed by atoms with Crippen molar-refractivity contribution in [3.8, 4) is 0 Å². The Morgan fingerprint density at radius 1 is 0.955 bits per heavy atom. The van der Waals surface area contributed by atoms with Gasteiger partial charge in [-0.25, -0.2) is 0 Å². The smallest absolute Gasteiger partial charge is 0.229 e. The van der Waals surface area contributed by atoms with Gasteiger partial charge in [-0.3, -0.25) is 4.79 Å². The van der Waals surface area contributed by atoms with Crippen molar-refractivity contribution in [2.24, 2.45) is 17.8 Å². The second kappa shape index (κ2) is 13.0. The van der Waals surface area contributed by atoms with Gasteiger partial charge in [-0.15, -0.1) is 0 Å². The monoisotopic (exact) mass is 329 g/mol. The third-order valence-corrected chi connectivity index (χ3v) is 4.95. The number of carbonyl (C=O) groups excluding carboxylic acids is 1. The molecule has 0 aromatic rings. The molecule has 0 aliphatic carbocycles. The number of nitrogens with zero attached hydrogens (tertiary/aromatic N) is 1. The van der Waals surface area contributed by atoms with E-state index in [1.165, 1.54) is 5.54 Å². The molecule has 0 aromatic carbocycles. The molecule has 1 unspecified atom stereocenters. The molecule has 0 aromatic heterocycles. The zero-order valence-corrected chi connectivity index (χ0v) is 16.0. The summed E-state index contributed by atoms with van der Waals surface area (Å²) in [4.78, 5) is 15.1. The van der Waals surface area contributed by atoms with E-state index in [1.54, 1.807) is 0 Å². The minimum atomic E-state index is -0.0637. The van der Waals surface area contributed by atoms with Gasteiger partial charge in [-0.2, -0.15) is 0 Å². The summed E-state index contributed by atoms with van der Waals surface area (Å²) in [5, 5.41) is 0. The average molecular weight is 330 g/mol. The highest BCUT2D eigenvalue weighted by molar-refractivity contribution is 6.25. The normalized spacial score (nSPS) is 13.3. The van der Waals surface area contributed by atoms with Gasteiger partial charge in [0.15, 0.2) is 0 Å². The van der Waals surface area contributed by atoms with E-state index in [2.05, 4.69) is 39.5 Å². The van der Waals surface area contributed by atoms with Crippen LogP contribution in [0.1, 0.15) is 73.1 Å². The minimum absolute atomic E-state index is 0.0637. The van der Waals surface area contributed by atoms with E-state index in [4.69, 9.17) is 11.6 Å². The summed E-state index contributed by atoms with van der Waals surface area (Å²) < 4.78 is 0. The van der Waals surface area contributed by atoms with Gasteiger partial charge in [0, 0.05) is 18.6 Å². The van der Waals surface area contributed by atoms with Crippen LogP contribution in [0.25, 0.3) is 0 Å². The third kappa shape index (κ3) is 7.67. The molecule has 0 fully saturated rings. The highest BCUT2D eigenvalue weighted by Crippen LogP contribution is 2.20. The van der Waals surface area contributed by atoms with Gasteiger partial charge in [0.2, 0.25) is 5.91 Å². The number of rotatable bonds is 12. The Balaban J connectivity index is 5.11. The first-order chi connectivity index (χ1) is 10.6. The van der Waals surface area contributed by atoms with Crippen molar-refractivity contribution >= 4 is 17.5 Å². The lowest BCUT2D eigenvalue weighted by Crippen LogP contribution is -2.41. The van der Waals surface area contributed by atoms with Crippen molar-refractivity contribution < 1.29 is 4.79 Å². The van der Waals surface area contributed by atoms with Crippen LogP contribution in [0.5, 0.6) is 0 Å². The van der Waals surface area contributed by atoms with E-state index in [1.807, 2.05) is 6.08 Å².